The molecular weight excluding hydrogens is 460 g/mol. The highest BCUT2D eigenvalue weighted by molar-refractivity contribution is 6.00. The van der Waals surface area contributed by atoms with Crippen LogP contribution in [0.25, 0.3) is 0 Å². The molecule has 3 aromatic carbocycles. The molecule has 0 N–H and O–H groups in total. The molecule has 6 nitrogen and oxygen atoms in total. The Kier molecular flexibility index (Phi) is 7.17. The fourth-order valence-corrected chi connectivity index (χ4v) is 5.03. The van der Waals surface area contributed by atoms with Gasteiger partial charge in [0.15, 0.2) is 0 Å². The third-order valence-corrected chi connectivity index (χ3v) is 6.97. The lowest BCUT2D eigenvalue weighted by molar-refractivity contribution is 0.297. The van der Waals surface area contributed by atoms with Crippen molar-refractivity contribution in [2.45, 2.75) is 34.0 Å². The van der Waals surface area contributed by atoms with Gasteiger partial charge in [-0.2, -0.15) is 0 Å². The van der Waals surface area contributed by atoms with Crippen LogP contribution in [0.15, 0.2) is 64.6 Å². The van der Waals surface area contributed by atoms with Gasteiger partial charge in [-0.1, -0.05) is 17.7 Å². The minimum Gasteiger partial charge on any atom is -0.489 e. The van der Waals surface area contributed by atoms with Gasteiger partial charge in [0.25, 0.3) is 0 Å². The molecule has 2 heterocycles. The molecule has 0 atom stereocenters. The maximum Gasteiger partial charge on any atom is 0.130 e. The van der Waals surface area contributed by atoms with E-state index in [2.05, 4.69) is 109 Å². The molecule has 3 aromatic rings. The Morgan fingerprint density at radius 2 is 1.11 bits per heavy atom. The summed E-state index contributed by atoms with van der Waals surface area (Å²) in [6.07, 6.45) is 0. The molecule has 0 fully saturated rings. The number of rotatable bonds is 8. The van der Waals surface area contributed by atoms with E-state index in [1.165, 1.54) is 5.56 Å². The summed E-state index contributed by atoms with van der Waals surface area (Å²) in [6, 6.07) is 19.2. The maximum atomic E-state index is 6.22. The second-order valence-corrected chi connectivity index (χ2v) is 10.1. The first kappa shape index (κ1) is 24.9. The molecule has 0 spiro atoms. The molecule has 192 valence electrons. The molecule has 0 saturated carbocycles. The zero-order valence-corrected chi connectivity index (χ0v) is 22.5. The summed E-state index contributed by atoms with van der Waals surface area (Å²) in [5.41, 5.74) is 7.99. The van der Waals surface area contributed by atoms with E-state index < -0.39 is 0 Å². The molecule has 0 aliphatic carbocycles. The van der Waals surface area contributed by atoms with Gasteiger partial charge in [-0.05, 0) is 85.5 Å². The van der Waals surface area contributed by atoms with E-state index in [1.807, 2.05) is 0 Å². The molecule has 0 saturated heterocycles. The first-order chi connectivity index (χ1) is 17.9. The summed E-state index contributed by atoms with van der Waals surface area (Å²) in [4.78, 5) is 13.6. The first-order valence-corrected chi connectivity index (χ1v) is 13.0. The number of ether oxygens (including phenoxy) is 2. The molecule has 2 aliphatic heterocycles. The average Bonchev–Trinajstić information content (AvgIpc) is 3.50. The van der Waals surface area contributed by atoms with Crippen LogP contribution < -0.4 is 9.47 Å². The standard InChI is InChI=1S/C31H36N4O2/c1-21-14-24(19-36-28-8-6-26(16-22(28)2)30-32-10-12-34(30)4)18-25(15-21)20-37-29-9-7-27(17-23(29)3)31-33-11-13-35(31)5/h6-9,14-18H,10-13,19-20H2,1-5H3. The fourth-order valence-electron chi connectivity index (χ4n) is 5.03. The first-order valence-electron chi connectivity index (χ1n) is 13.0. The van der Waals surface area contributed by atoms with E-state index in [1.54, 1.807) is 0 Å². The minimum absolute atomic E-state index is 0.513. The van der Waals surface area contributed by atoms with Crippen LogP contribution in [0.3, 0.4) is 0 Å². The van der Waals surface area contributed by atoms with Gasteiger partial charge in [-0.3, -0.25) is 9.98 Å². The van der Waals surface area contributed by atoms with Crippen LogP contribution >= 0.6 is 0 Å². The highest BCUT2D eigenvalue weighted by atomic mass is 16.5. The van der Waals surface area contributed by atoms with Crippen LogP contribution in [0.2, 0.25) is 0 Å². The molecule has 5 rings (SSSR count). The third-order valence-electron chi connectivity index (χ3n) is 6.97. The van der Waals surface area contributed by atoms with Gasteiger partial charge < -0.3 is 19.3 Å². The number of amidine groups is 2. The highest BCUT2D eigenvalue weighted by Gasteiger charge is 2.17. The van der Waals surface area contributed by atoms with Crippen molar-refractivity contribution in [2.75, 3.05) is 40.3 Å². The van der Waals surface area contributed by atoms with Crippen molar-refractivity contribution in [3.05, 3.63) is 93.5 Å². The quantitative estimate of drug-likeness (QED) is 0.433. The van der Waals surface area contributed by atoms with Crippen molar-refractivity contribution in [3.63, 3.8) is 0 Å². The van der Waals surface area contributed by atoms with Crippen LogP contribution in [0.5, 0.6) is 11.5 Å². The van der Waals surface area contributed by atoms with E-state index in [0.29, 0.717) is 13.2 Å². The number of aryl methyl sites for hydroxylation is 3. The van der Waals surface area contributed by atoms with Crippen molar-refractivity contribution < 1.29 is 9.47 Å². The Morgan fingerprint density at radius 3 is 1.49 bits per heavy atom. The van der Waals surface area contributed by atoms with E-state index in [-0.39, 0.29) is 0 Å². The lowest BCUT2D eigenvalue weighted by Crippen LogP contribution is -2.23. The number of hydrogen-bond donors (Lipinski definition) is 0. The molecule has 37 heavy (non-hydrogen) atoms. The summed E-state index contributed by atoms with van der Waals surface area (Å²) in [5, 5.41) is 0. The Labute approximate surface area is 220 Å². The van der Waals surface area contributed by atoms with Crippen LogP contribution in [0.1, 0.15) is 38.9 Å². The monoisotopic (exact) mass is 496 g/mol. The molecule has 0 aromatic heterocycles. The van der Waals surface area contributed by atoms with Crippen LogP contribution in [0.4, 0.5) is 0 Å². The van der Waals surface area contributed by atoms with E-state index in [9.17, 15) is 0 Å². The van der Waals surface area contributed by atoms with Gasteiger partial charge in [-0.25, -0.2) is 0 Å². The molecule has 0 radical (unpaired) electrons. The zero-order chi connectivity index (χ0) is 25.9. The molecular formula is C31H36N4O2. The minimum atomic E-state index is 0.513. The van der Waals surface area contributed by atoms with E-state index >= 15 is 0 Å². The molecule has 0 bridgehead atoms. The third kappa shape index (κ3) is 5.63. The second-order valence-electron chi connectivity index (χ2n) is 10.1. The Morgan fingerprint density at radius 1 is 0.649 bits per heavy atom. The topological polar surface area (TPSA) is 49.7 Å². The average molecular weight is 497 g/mol. The highest BCUT2D eigenvalue weighted by Crippen LogP contribution is 2.25. The van der Waals surface area contributed by atoms with Crippen molar-refractivity contribution in [1.29, 1.82) is 0 Å². The summed E-state index contributed by atoms with van der Waals surface area (Å²) in [7, 11) is 4.18. The van der Waals surface area contributed by atoms with Gasteiger partial charge in [0.05, 0.1) is 13.1 Å². The SMILES string of the molecule is Cc1cc(COc2ccc(C3=NCCN3C)cc2C)cc(COc2ccc(C3=NCCN3C)cc2C)c1. The predicted octanol–water partition coefficient (Wildman–Crippen LogP) is 5.15. The van der Waals surface area contributed by atoms with Crippen molar-refractivity contribution in [2.24, 2.45) is 9.98 Å². The van der Waals surface area contributed by atoms with Crippen LogP contribution in [-0.2, 0) is 13.2 Å². The van der Waals surface area contributed by atoms with Gasteiger partial charge >= 0.3 is 0 Å². The number of benzene rings is 3. The number of nitrogens with zero attached hydrogens (tertiary/aromatic N) is 4. The van der Waals surface area contributed by atoms with Crippen molar-refractivity contribution in [3.8, 4) is 11.5 Å². The largest absolute Gasteiger partial charge is 0.489 e. The Bertz CT molecular complexity index is 1260. The van der Waals surface area contributed by atoms with E-state index in [0.717, 1.165) is 82.7 Å². The number of aliphatic imine (C=N–C) groups is 2. The summed E-state index contributed by atoms with van der Waals surface area (Å²) in [6.45, 7) is 11.0. The molecule has 2 aliphatic rings. The van der Waals surface area contributed by atoms with Gasteiger partial charge in [0.1, 0.15) is 36.4 Å². The van der Waals surface area contributed by atoms with Gasteiger partial charge in [-0.15, -0.1) is 0 Å². The summed E-state index contributed by atoms with van der Waals surface area (Å²) in [5.74, 6) is 3.92. The summed E-state index contributed by atoms with van der Waals surface area (Å²) >= 11 is 0. The summed E-state index contributed by atoms with van der Waals surface area (Å²) < 4.78 is 12.4. The fraction of sp³-hybridized carbons (Fsp3) is 0.355. The zero-order valence-electron chi connectivity index (χ0n) is 22.5. The van der Waals surface area contributed by atoms with Crippen LogP contribution in [-0.4, -0.2) is 61.7 Å². The predicted molar refractivity (Wildman–Crippen MR) is 150 cm³/mol. The maximum absolute atomic E-state index is 6.22. The molecule has 0 unspecified atom stereocenters. The Hall–Kier alpha value is -3.80. The van der Waals surface area contributed by atoms with Gasteiger partial charge in [0.2, 0.25) is 0 Å². The normalized spacial score (nSPS) is 15.2. The molecule has 6 heteroatoms. The lowest BCUT2D eigenvalue weighted by atomic mass is 10.1. The Balaban J connectivity index is 1.22. The second kappa shape index (κ2) is 10.7. The number of likely N-dealkylation sites (N-methyl/N-ethyl adjacent to an activating group) is 2. The van der Waals surface area contributed by atoms with Gasteiger partial charge in [0, 0.05) is 38.3 Å². The lowest BCUT2D eigenvalue weighted by Gasteiger charge is -2.17. The van der Waals surface area contributed by atoms with Crippen LogP contribution in [0, 0.1) is 20.8 Å². The molecule has 0 amide bonds. The smallest absolute Gasteiger partial charge is 0.130 e. The number of hydrogen-bond acceptors (Lipinski definition) is 6. The van der Waals surface area contributed by atoms with Crippen molar-refractivity contribution in [1.82, 2.24) is 9.80 Å². The van der Waals surface area contributed by atoms with E-state index in [4.69, 9.17) is 9.47 Å². The van der Waals surface area contributed by atoms with Crippen molar-refractivity contribution >= 4 is 11.7 Å².